The average molecular weight is 287 g/mol. The number of hydrogen-bond donors (Lipinski definition) is 0. The van der Waals surface area contributed by atoms with E-state index < -0.39 is 0 Å². The molecule has 112 valence electrons. The van der Waals surface area contributed by atoms with Gasteiger partial charge in [-0.25, -0.2) is 9.50 Å². The summed E-state index contributed by atoms with van der Waals surface area (Å²) in [5, 5.41) is 4.41. The molecule has 0 spiro atoms. The van der Waals surface area contributed by atoms with Crippen molar-refractivity contribution in [3.05, 3.63) is 29.7 Å². The van der Waals surface area contributed by atoms with Crippen molar-refractivity contribution in [2.45, 2.75) is 25.3 Å². The fraction of sp³-hybridized carbons (Fsp3) is 0.533. The maximum absolute atomic E-state index is 12.2. The maximum Gasteiger partial charge on any atom is 0.258 e. The SMILES string of the molecule is CN(C)C(=O)c1cnn2c(C3CCCCN3C)ccnc12. The molecule has 3 rings (SSSR count). The van der Waals surface area contributed by atoms with E-state index in [9.17, 15) is 4.79 Å². The normalized spacial score (nSPS) is 19.9. The van der Waals surface area contributed by atoms with Crippen LogP contribution in [0.4, 0.5) is 0 Å². The third kappa shape index (κ3) is 2.40. The number of carbonyl (C=O) groups is 1. The quantitative estimate of drug-likeness (QED) is 0.841. The van der Waals surface area contributed by atoms with E-state index in [1.165, 1.54) is 12.8 Å². The molecular formula is C15H21N5O. The van der Waals surface area contributed by atoms with Crippen LogP contribution in [0.3, 0.4) is 0 Å². The second kappa shape index (κ2) is 5.44. The monoisotopic (exact) mass is 287 g/mol. The summed E-state index contributed by atoms with van der Waals surface area (Å²) in [5.41, 5.74) is 2.31. The highest BCUT2D eigenvalue weighted by Crippen LogP contribution is 2.29. The van der Waals surface area contributed by atoms with Gasteiger partial charge in [-0.15, -0.1) is 0 Å². The van der Waals surface area contributed by atoms with Crippen LogP contribution in [0.1, 0.15) is 41.4 Å². The summed E-state index contributed by atoms with van der Waals surface area (Å²) in [4.78, 5) is 20.5. The Kier molecular flexibility index (Phi) is 3.63. The number of rotatable bonds is 2. The molecule has 1 fully saturated rings. The predicted molar refractivity (Wildman–Crippen MR) is 80.2 cm³/mol. The van der Waals surface area contributed by atoms with Crippen molar-refractivity contribution in [2.75, 3.05) is 27.7 Å². The number of fused-ring (bicyclic) bond motifs is 1. The largest absolute Gasteiger partial charge is 0.345 e. The van der Waals surface area contributed by atoms with Gasteiger partial charge < -0.3 is 4.90 Å². The summed E-state index contributed by atoms with van der Waals surface area (Å²) in [6, 6.07) is 2.35. The van der Waals surface area contributed by atoms with Crippen molar-refractivity contribution in [1.82, 2.24) is 24.4 Å². The third-order valence-corrected chi connectivity index (χ3v) is 4.18. The van der Waals surface area contributed by atoms with E-state index in [0.717, 1.165) is 18.7 Å². The molecule has 1 amide bonds. The summed E-state index contributed by atoms with van der Waals surface area (Å²) in [5.74, 6) is -0.0633. The van der Waals surface area contributed by atoms with Gasteiger partial charge in [0.15, 0.2) is 5.65 Å². The highest BCUT2D eigenvalue weighted by atomic mass is 16.2. The number of aromatic nitrogens is 3. The first kappa shape index (κ1) is 14.0. The molecule has 0 saturated carbocycles. The Hall–Kier alpha value is -1.95. The third-order valence-electron chi connectivity index (χ3n) is 4.18. The molecule has 0 radical (unpaired) electrons. The molecule has 1 atom stereocenters. The van der Waals surface area contributed by atoms with E-state index in [4.69, 9.17) is 0 Å². The molecule has 6 nitrogen and oxygen atoms in total. The van der Waals surface area contributed by atoms with Gasteiger partial charge in [-0.2, -0.15) is 5.10 Å². The van der Waals surface area contributed by atoms with Gasteiger partial charge in [-0.1, -0.05) is 6.42 Å². The lowest BCUT2D eigenvalue weighted by molar-refractivity contribution is 0.0829. The van der Waals surface area contributed by atoms with E-state index in [-0.39, 0.29) is 5.91 Å². The van der Waals surface area contributed by atoms with E-state index in [1.54, 1.807) is 31.4 Å². The highest BCUT2D eigenvalue weighted by molar-refractivity contribution is 5.99. The lowest BCUT2D eigenvalue weighted by atomic mass is 10.00. The van der Waals surface area contributed by atoms with Crippen LogP contribution in [-0.4, -0.2) is 58.0 Å². The van der Waals surface area contributed by atoms with Crippen LogP contribution < -0.4 is 0 Å². The molecule has 1 saturated heterocycles. The van der Waals surface area contributed by atoms with Crippen LogP contribution >= 0.6 is 0 Å². The Morgan fingerprint density at radius 2 is 2.19 bits per heavy atom. The Bertz CT molecular complexity index is 663. The fourth-order valence-corrected chi connectivity index (χ4v) is 3.00. The topological polar surface area (TPSA) is 53.7 Å². The predicted octanol–water partition coefficient (Wildman–Crippen LogP) is 1.59. The molecule has 0 bridgehead atoms. The zero-order chi connectivity index (χ0) is 15.0. The summed E-state index contributed by atoms with van der Waals surface area (Å²) < 4.78 is 1.82. The van der Waals surface area contributed by atoms with Crippen LogP contribution in [0.5, 0.6) is 0 Å². The van der Waals surface area contributed by atoms with Gasteiger partial charge in [0, 0.05) is 20.3 Å². The first-order valence-corrected chi connectivity index (χ1v) is 7.34. The van der Waals surface area contributed by atoms with Crippen LogP contribution in [0.2, 0.25) is 0 Å². The number of hydrogen-bond acceptors (Lipinski definition) is 4. The van der Waals surface area contributed by atoms with Gasteiger partial charge in [0.25, 0.3) is 5.91 Å². The first-order valence-electron chi connectivity index (χ1n) is 7.34. The zero-order valence-corrected chi connectivity index (χ0v) is 12.8. The fourth-order valence-electron chi connectivity index (χ4n) is 3.00. The number of piperidine rings is 1. The van der Waals surface area contributed by atoms with Crippen molar-refractivity contribution < 1.29 is 4.79 Å². The summed E-state index contributed by atoms with van der Waals surface area (Å²) in [7, 11) is 5.63. The minimum Gasteiger partial charge on any atom is -0.345 e. The van der Waals surface area contributed by atoms with Gasteiger partial charge in [0.2, 0.25) is 0 Å². The smallest absolute Gasteiger partial charge is 0.258 e. The zero-order valence-electron chi connectivity index (χ0n) is 12.8. The molecule has 1 aliphatic heterocycles. The van der Waals surface area contributed by atoms with Gasteiger partial charge in [-0.05, 0) is 32.5 Å². The molecule has 1 aliphatic rings. The van der Waals surface area contributed by atoms with Crippen LogP contribution in [-0.2, 0) is 0 Å². The minimum absolute atomic E-state index is 0.0633. The summed E-state index contributed by atoms with van der Waals surface area (Å²) in [6.07, 6.45) is 6.99. The number of carbonyl (C=O) groups excluding carboxylic acids is 1. The van der Waals surface area contributed by atoms with Gasteiger partial charge in [-0.3, -0.25) is 9.69 Å². The van der Waals surface area contributed by atoms with Crippen molar-refractivity contribution >= 4 is 11.6 Å². The summed E-state index contributed by atoms with van der Waals surface area (Å²) in [6.45, 7) is 1.10. The maximum atomic E-state index is 12.2. The lowest BCUT2D eigenvalue weighted by Crippen LogP contribution is -2.31. The van der Waals surface area contributed by atoms with Crippen LogP contribution in [0.15, 0.2) is 18.5 Å². The van der Waals surface area contributed by atoms with E-state index >= 15 is 0 Å². The summed E-state index contributed by atoms with van der Waals surface area (Å²) >= 11 is 0. The molecule has 6 heteroatoms. The molecule has 1 unspecified atom stereocenters. The van der Waals surface area contributed by atoms with Crippen molar-refractivity contribution in [3.8, 4) is 0 Å². The van der Waals surface area contributed by atoms with E-state index in [1.807, 2.05) is 10.6 Å². The standard InChI is InChI=1S/C15H21N5O/c1-18(2)15(21)11-10-17-20-13(7-8-16-14(11)20)12-6-4-5-9-19(12)3/h7-8,10,12H,4-6,9H2,1-3H3. The van der Waals surface area contributed by atoms with Crippen molar-refractivity contribution in [2.24, 2.45) is 0 Å². The van der Waals surface area contributed by atoms with E-state index in [2.05, 4.69) is 22.0 Å². The number of likely N-dealkylation sites (tertiary alicyclic amines) is 1. The van der Waals surface area contributed by atoms with Gasteiger partial charge >= 0.3 is 0 Å². The Labute approximate surface area is 124 Å². The van der Waals surface area contributed by atoms with Crippen molar-refractivity contribution in [3.63, 3.8) is 0 Å². The highest BCUT2D eigenvalue weighted by Gasteiger charge is 2.25. The molecule has 0 N–H and O–H groups in total. The van der Waals surface area contributed by atoms with Crippen LogP contribution in [0, 0.1) is 0 Å². The first-order chi connectivity index (χ1) is 10.1. The second-order valence-electron chi connectivity index (χ2n) is 5.86. The minimum atomic E-state index is -0.0633. The Morgan fingerprint density at radius 3 is 2.90 bits per heavy atom. The molecule has 0 aliphatic carbocycles. The van der Waals surface area contributed by atoms with Crippen molar-refractivity contribution in [1.29, 1.82) is 0 Å². The molecule has 3 heterocycles. The molecular weight excluding hydrogens is 266 g/mol. The molecule has 21 heavy (non-hydrogen) atoms. The Morgan fingerprint density at radius 1 is 1.38 bits per heavy atom. The number of nitrogens with zero attached hydrogens (tertiary/aromatic N) is 5. The van der Waals surface area contributed by atoms with Crippen LogP contribution in [0.25, 0.3) is 5.65 Å². The average Bonchev–Trinajstić information content (AvgIpc) is 2.91. The Balaban J connectivity index is 2.07. The van der Waals surface area contributed by atoms with Gasteiger partial charge in [0.1, 0.15) is 5.56 Å². The molecule has 2 aromatic rings. The molecule has 0 aromatic carbocycles. The van der Waals surface area contributed by atoms with Gasteiger partial charge in [0.05, 0.1) is 17.9 Å². The number of amides is 1. The molecule has 2 aromatic heterocycles. The second-order valence-corrected chi connectivity index (χ2v) is 5.86. The lowest BCUT2D eigenvalue weighted by Gasteiger charge is -2.32. The van der Waals surface area contributed by atoms with E-state index in [0.29, 0.717) is 17.3 Å².